The molecular weight excluding hydrogens is 376 g/mol. The molecule has 0 unspecified atom stereocenters. The van der Waals surface area contributed by atoms with Gasteiger partial charge in [0.2, 0.25) is 4.77 Å². The van der Waals surface area contributed by atoms with Crippen LogP contribution < -0.4 is 4.74 Å². The van der Waals surface area contributed by atoms with E-state index in [1.807, 2.05) is 48.5 Å². The number of nitrogens with one attached hydrogen (secondary N) is 1. The molecule has 3 aromatic rings. The second-order valence-electron chi connectivity index (χ2n) is 4.70. The number of nitrogens with zero attached hydrogens (tertiary/aromatic N) is 3. The van der Waals surface area contributed by atoms with Crippen LogP contribution in [0.1, 0.15) is 5.56 Å². The lowest BCUT2D eigenvalue weighted by atomic mass is 10.2. The van der Waals surface area contributed by atoms with Gasteiger partial charge in [-0.3, -0.25) is 0 Å². The van der Waals surface area contributed by atoms with Crippen molar-refractivity contribution in [2.75, 3.05) is 7.11 Å². The zero-order chi connectivity index (χ0) is 16.2. The number of hydrogen-bond acceptors (Lipinski definition) is 4. The molecule has 0 amide bonds. The van der Waals surface area contributed by atoms with Crippen LogP contribution in [0.2, 0.25) is 0 Å². The Morgan fingerprint density at radius 1 is 1.26 bits per heavy atom. The van der Waals surface area contributed by atoms with E-state index in [1.54, 1.807) is 18.0 Å². The van der Waals surface area contributed by atoms with Crippen LogP contribution in [-0.4, -0.2) is 28.2 Å². The van der Waals surface area contributed by atoms with Crippen molar-refractivity contribution in [2.24, 2.45) is 5.10 Å². The average Bonchev–Trinajstić information content (AvgIpc) is 2.94. The summed E-state index contributed by atoms with van der Waals surface area (Å²) in [6, 6.07) is 15.4. The molecule has 1 aromatic heterocycles. The number of aromatic nitrogens is 3. The first-order chi connectivity index (χ1) is 11.2. The van der Waals surface area contributed by atoms with E-state index in [9.17, 15) is 0 Å². The van der Waals surface area contributed by atoms with Gasteiger partial charge in [0.25, 0.3) is 0 Å². The lowest BCUT2D eigenvalue weighted by Crippen LogP contribution is -1.95. The molecule has 5 nitrogen and oxygen atoms in total. The molecule has 0 saturated heterocycles. The van der Waals surface area contributed by atoms with Gasteiger partial charge >= 0.3 is 0 Å². The summed E-state index contributed by atoms with van der Waals surface area (Å²) in [6.07, 6.45) is 1.72. The van der Waals surface area contributed by atoms with Gasteiger partial charge in [-0.2, -0.15) is 14.9 Å². The Labute approximate surface area is 146 Å². The smallest absolute Gasteiger partial charge is 0.216 e. The largest absolute Gasteiger partial charge is 0.497 e. The van der Waals surface area contributed by atoms with Crippen LogP contribution in [0.4, 0.5) is 0 Å². The van der Waals surface area contributed by atoms with Gasteiger partial charge in [-0.05, 0) is 42.0 Å². The van der Waals surface area contributed by atoms with Crippen LogP contribution in [0, 0.1) is 4.77 Å². The van der Waals surface area contributed by atoms with Crippen molar-refractivity contribution in [1.82, 2.24) is 14.9 Å². The molecule has 116 valence electrons. The Bertz CT molecular complexity index is 916. The van der Waals surface area contributed by atoms with E-state index >= 15 is 0 Å². The first-order valence-corrected chi connectivity index (χ1v) is 7.99. The number of H-pyrrole nitrogens is 1. The SMILES string of the molecule is COc1cccc(/C=N\n2c(-c3cccc(Br)c3)n[nH]c2=S)c1. The second-order valence-corrected chi connectivity index (χ2v) is 6.00. The van der Waals surface area contributed by atoms with Gasteiger partial charge in [0.1, 0.15) is 5.75 Å². The summed E-state index contributed by atoms with van der Waals surface area (Å²) in [6.45, 7) is 0. The van der Waals surface area contributed by atoms with E-state index < -0.39 is 0 Å². The summed E-state index contributed by atoms with van der Waals surface area (Å²) in [5, 5.41) is 11.5. The number of methoxy groups -OCH3 is 1. The molecule has 3 rings (SSSR count). The first-order valence-electron chi connectivity index (χ1n) is 6.79. The maximum Gasteiger partial charge on any atom is 0.216 e. The van der Waals surface area contributed by atoms with E-state index in [1.165, 1.54) is 0 Å². The van der Waals surface area contributed by atoms with Gasteiger partial charge in [-0.25, -0.2) is 5.10 Å². The number of aromatic amines is 1. The third-order valence-corrected chi connectivity index (χ3v) is 3.91. The Morgan fingerprint density at radius 3 is 2.87 bits per heavy atom. The van der Waals surface area contributed by atoms with Crippen LogP contribution in [0.25, 0.3) is 11.4 Å². The molecule has 0 radical (unpaired) electrons. The molecule has 7 heteroatoms. The highest BCUT2D eigenvalue weighted by Crippen LogP contribution is 2.21. The summed E-state index contributed by atoms with van der Waals surface area (Å²) in [5.74, 6) is 1.42. The fraction of sp³-hybridized carbons (Fsp3) is 0.0625. The predicted molar refractivity (Wildman–Crippen MR) is 96.5 cm³/mol. The third-order valence-electron chi connectivity index (χ3n) is 3.15. The quantitative estimate of drug-likeness (QED) is 0.536. The minimum atomic E-state index is 0.430. The second kappa shape index (κ2) is 6.89. The molecule has 0 aliphatic heterocycles. The number of hydrogen-bond donors (Lipinski definition) is 1. The lowest BCUT2D eigenvalue weighted by molar-refractivity contribution is 0.415. The third kappa shape index (κ3) is 3.57. The normalized spacial score (nSPS) is 11.0. The Morgan fingerprint density at radius 2 is 2.09 bits per heavy atom. The van der Waals surface area contributed by atoms with Crippen molar-refractivity contribution >= 4 is 34.4 Å². The summed E-state index contributed by atoms with van der Waals surface area (Å²) >= 11 is 8.72. The van der Waals surface area contributed by atoms with Crippen LogP contribution in [0.3, 0.4) is 0 Å². The lowest BCUT2D eigenvalue weighted by Gasteiger charge is -2.02. The molecule has 1 N–H and O–H groups in total. The van der Waals surface area contributed by atoms with E-state index in [0.717, 1.165) is 21.3 Å². The van der Waals surface area contributed by atoms with Crippen molar-refractivity contribution in [1.29, 1.82) is 0 Å². The summed E-state index contributed by atoms with van der Waals surface area (Å²) in [7, 11) is 1.63. The van der Waals surface area contributed by atoms with Gasteiger partial charge in [0.05, 0.1) is 13.3 Å². The zero-order valence-corrected chi connectivity index (χ0v) is 14.6. The molecule has 0 aliphatic carbocycles. The van der Waals surface area contributed by atoms with Crippen LogP contribution in [-0.2, 0) is 0 Å². The highest BCUT2D eigenvalue weighted by molar-refractivity contribution is 9.10. The van der Waals surface area contributed by atoms with E-state index in [0.29, 0.717) is 10.6 Å². The van der Waals surface area contributed by atoms with Crippen molar-refractivity contribution in [3.63, 3.8) is 0 Å². The van der Waals surface area contributed by atoms with Gasteiger partial charge < -0.3 is 4.74 Å². The van der Waals surface area contributed by atoms with Gasteiger partial charge in [0, 0.05) is 10.0 Å². The highest BCUT2D eigenvalue weighted by atomic mass is 79.9. The molecule has 2 aromatic carbocycles. The maximum absolute atomic E-state index is 5.26. The predicted octanol–water partition coefficient (Wildman–Crippen LogP) is 4.26. The van der Waals surface area contributed by atoms with Crippen LogP contribution in [0.15, 0.2) is 58.1 Å². The number of halogens is 1. The van der Waals surface area contributed by atoms with Crippen molar-refractivity contribution in [3.05, 3.63) is 63.3 Å². The molecule has 0 spiro atoms. The molecule has 0 fully saturated rings. The van der Waals surface area contributed by atoms with Crippen molar-refractivity contribution in [2.45, 2.75) is 0 Å². The fourth-order valence-corrected chi connectivity index (χ4v) is 2.64. The molecule has 0 atom stereocenters. The molecule has 0 aliphatic rings. The minimum absolute atomic E-state index is 0.430. The van der Waals surface area contributed by atoms with Crippen LogP contribution in [0.5, 0.6) is 5.75 Å². The van der Waals surface area contributed by atoms with E-state index in [4.69, 9.17) is 17.0 Å². The topological polar surface area (TPSA) is 55.2 Å². The van der Waals surface area contributed by atoms with E-state index in [2.05, 4.69) is 31.2 Å². The summed E-state index contributed by atoms with van der Waals surface area (Å²) in [4.78, 5) is 0. The van der Waals surface area contributed by atoms with Crippen molar-refractivity contribution < 1.29 is 4.74 Å². The number of rotatable bonds is 4. The Kier molecular flexibility index (Phi) is 4.68. The van der Waals surface area contributed by atoms with Crippen LogP contribution >= 0.6 is 28.1 Å². The van der Waals surface area contributed by atoms with Gasteiger partial charge in [-0.15, -0.1) is 0 Å². The average molecular weight is 389 g/mol. The maximum atomic E-state index is 5.26. The number of benzene rings is 2. The zero-order valence-electron chi connectivity index (χ0n) is 12.2. The molecule has 0 saturated carbocycles. The summed E-state index contributed by atoms with van der Waals surface area (Å²) in [5.41, 5.74) is 1.82. The molecule has 23 heavy (non-hydrogen) atoms. The minimum Gasteiger partial charge on any atom is -0.497 e. The van der Waals surface area contributed by atoms with Gasteiger partial charge in [0.15, 0.2) is 5.82 Å². The Balaban J connectivity index is 1.99. The van der Waals surface area contributed by atoms with E-state index in [-0.39, 0.29) is 0 Å². The Hall–Kier alpha value is -2.25. The highest BCUT2D eigenvalue weighted by Gasteiger charge is 2.08. The summed E-state index contributed by atoms with van der Waals surface area (Å²) < 4.78 is 8.20. The fourth-order valence-electron chi connectivity index (χ4n) is 2.06. The monoisotopic (exact) mass is 388 g/mol. The standard InChI is InChI=1S/C16H13BrN4OS/c1-22-14-7-2-4-11(8-14)10-18-21-15(19-20-16(21)23)12-5-3-6-13(17)9-12/h2-10H,1H3,(H,20,23)/b18-10-. The van der Waals surface area contributed by atoms with Crippen molar-refractivity contribution in [3.8, 4) is 17.1 Å². The molecule has 0 bridgehead atoms. The van der Waals surface area contributed by atoms with Gasteiger partial charge in [-0.1, -0.05) is 40.2 Å². The number of ether oxygens (including phenoxy) is 1. The molecular formula is C16H13BrN4OS. The molecule has 1 heterocycles. The first kappa shape index (κ1) is 15.6.